The predicted octanol–water partition coefficient (Wildman–Crippen LogP) is 8.67. The lowest BCUT2D eigenvalue weighted by molar-refractivity contribution is -0.137. The third-order valence-corrected chi connectivity index (χ3v) is 6.49. The van der Waals surface area contributed by atoms with E-state index < -0.39 is 5.97 Å². The fourth-order valence-electron chi connectivity index (χ4n) is 4.63. The van der Waals surface area contributed by atoms with Gasteiger partial charge in [0.05, 0.1) is 0 Å². The number of carboxylic acid groups (broad SMARTS) is 1. The Bertz CT molecular complexity index is 304. The first-order valence-corrected chi connectivity index (χ1v) is 12.5. The summed E-state index contributed by atoms with van der Waals surface area (Å²) in [4.78, 5) is 10.9. The third-order valence-electron chi connectivity index (χ3n) is 6.49. The van der Waals surface area contributed by atoms with Gasteiger partial charge in [0.25, 0.3) is 0 Å². The van der Waals surface area contributed by atoms with Gasteiger partial charge in [0.15, 0.2) is 0 Å². The Morgan fingerprint density at radius 1 is 0.519 bits per heavy atom. The largest absolute Gasteiger partial charge is 0.481 e. The summed E-state index contributed by atoms with van der Waals surface area (Å²) < 4.78 is 0. The highest BCUT2D eigenvalue weighted by Crippen LogP contribution is 2.24. The molecule has 0 amide bonds. The van der Waals surface area contributed by atoms with E-state index in [2.05, 4.69) is 0 Å². The van der Waals surface area contributed by atoms with Crippen LogP contribution in [0.1, 0.15) is 148 Å². The van der Waals surface area contributed by atoms with Crippen LogP contribution in [0.2, 0.25) is 0 Å². The first-order chi connectivity index (χ1) is 13.3. The van der Waals surface area contributed by atoms with Gasteiger partial charge in [-0.25, -0.2) is 0 Å². The zero-order valence-electron chi connectivity index (χ0n) is 18.2. The third kappa shape index (κ3) is 17.3. The van der Waals surface area contributed by atoms with Gasteiger partial charge in [-0.15, -0.1) is 0 Å². The second-order valence-electron chi connectivity index (χ2n) is 9.09. The minimum atomic E-state index is -0.617. The fourth-order valence-corrected chi connectivity index (χ4v) is 4.63. The van der Waals surface area contributed by atoms with Crippen LogP contribution < -0.4 is 0 Å². The van der Waals surface area contributed by atoms with Crippen LogP contribution in [0.15, 0.2) is 0 Å². The van der Waals surface area contributed by atoms with Crippen molar-refractivity contribution in [3.63, 3.8) is 0 Å². The lowest BCUT2D eigenvalue weighted by Crippen LogP contribution is -2.05. The second kappa shape index (κ2) is 18.8. The van der Waals surface area contributed by atoms with Crippen LogP contribution in [0.4, 0.5) is 0 Å². The molecule has 0 aromatic carbocycles. The molecule has 1 saturated carbocycles. The van der Waals surface area contributed by atoms with E-state index in [1.54, 1.807) is 0 Å². The van der Waals surface area contributed by atoms with Gasteiger partial charge >= 0.3 is 5.97 Å². The van der Waals surface area contributed by atoms with Gasteiger partial charge in [0, 0.05) is 6.42 Å². The summed E-state index contributed by atoms with van der Waals surface area (Å²) in [6, 6.07) is 0. The maximum absolute atomic E-state index is 10.9. The zero-order valence-corrected chi connectivity index (χ0v) is 18.2. The highest BCUT2D eigenvalue weighted by molar-refractivity contribution is 5.66. The molecule has 1 fully saturated rings. The molecule has 0 radical (unpaired) electrons. The molecule has 1 aliphatic rings. The van der Waals surface area contributed by atoms with Crippen LogP contribution in [0, 0.1) is 5.92 Å². The Morgan fingerprint density at radius 3 is 1.04 bits per heavy atom. The molecule has 2 heteroatoms. The number of carboxylic acids is 1. The standard InChI is InChI=1S/C25H48O2/c26-25(27)23-22-24-20-18-16-14-12-10-8-6-4-2-1-3-5-7-9-11-13-15-17-19-21-24/h24H,1-23H2,(H,26,27). The zero-order chi connectivity index (χ0) is 19.4. The van der Waals surface area contributed by atoms with Gasteiger partial charge in [-0.3, -0.25) is 4.79 Å². The minimum absolute atomic E-state index is 0.366. The lowest BCUT2D eigenvalue weighted by atomic mass is 9.90. The maximum Gasteiger partial charge on any atom is 0.303 e. The summed E-state index contributed by atoms with van der Waals surface area (Å²) in [5.74, 6) is 0.0344. The summed E-state index contributed by atoms with van der Waals surface area (Å²) >= 11 is 0. The molecule has 0 heterocycles. The van der Waals surface area contributed by atoms with Crippen LogP contribution in [0.5, 0.6) is 0 Å². The van der Waals surface area contributed by atoms with Crippen LogP contribution >= 0.6 is 0 Å². The second-order valence-corrected chi connectivity index (χ2v) is 9.09. The van der Waals surface area contributed by atoms with E-state index in [1.807, 2.05) is 0 Å². The molecule has 1 aliphatic carbocycles. The molecular formula is C25H48O2. The molecule has 2 nitrogen and oxygen atoms in total. The molecule has 0 aromatic heterocycles. The normalized spacial score (nSPS) is 22.4. The van der Waals surface area contributed by atoms with Crippen molar-refractivity contribution in [1.29, 1.82) is 0 Å². The molecule has 0 unspecified atom stereocenters. The van der Waals surface area contributed by atoms with Gasteiger partial charge in [0.2, 0.25) is 0 Å². The highest BCUT2D eigenvalue weighted by atomic mass is 16.4. The van der Waals surface area contributed by atoms with Gasteiger partial charge in [-0.1, -0.05) is 135 Å². The van der Waals surface area contributed by atoms with Crippen molar-refractivity contribution in [3.05, 3.63) is 0 Å². The Balaban J connectivity index is 2.24. The number of rotatable bonds is 3. The molecule has 27 heavy (non-hydrogen) atoms. The van der Waals surface area contributed by atoms with Gasteiger partial charge in [-0.2, -0.15) is 0 Å². The molecule has 160 valence electrons. The maximum atomic E-state index is 10.9. The monoisotopic (exact) mass is 380 g/mol. The highest BCUT2D eigenvalue weighted by Gasteiger charge is 2.11. The van der Waals surface area contributed by atoms with Crippen molar-refractivity contribution in [2.45, 2.75) is 148 Å². The van der Waals surface area contributed by atoms with Crippen LogP contribution in [-0.2, 0) is 4.79 Å². The van der Waals surface area contributed by atoms with Crippen molar-refractivity contribution < 1.29 is 9.90 Å². The first kappa shape index (κ1) is 24.5. The van der Waals surface area contributed by atoms with Gasteiger partial charge in [0.1, 0.15) is 0 Å². The molecule has 0 spiro atoms. The van der Waals surface area contributed by atoms with E-state index in [0.29, 0.717) is 12.3 Å². The van der Waals surface area contributed by atoms with Crippen molar-refractivity contribution in [2.75, 3.05) is 0 Å². The number of carbonyl (C=O) groups is 1. The molecule has 1 N–H and O–H groups in total. The number of hydrogen-bond donors (Lipinski definition) is 1. The van der Waals surface area contributed by atoms with Crippen molar-refractivity contribution in [3.8, 4) is 0 Å². The van der Waals surface area contributed by atoms with Crippen LogP contribution in [0.25, 0.3) is 0 Å². The SMILES string of the molecule is O=C(O)CCC1CCCCCCCCCCCCCCCCCCCCC1. The Labute approximate surface area is 169 Å². The smallest absolute Gasteiger partial charge is 0.303 e. The van der Waals surface area contributed by atoms with E-state index in [9.17, 15) is 4.79 Å². The summed E-state index contributed by atoms with van der Waals surface area (Å²) in [5.41, 5.74) is 0. The fraction of sp³-hybridized carbons (Fsp3) is 0.960. The molecule has 0 bridgehead atoms. The topological polar surface area (TPSA) is 37.3 Å². The summed E-state index contributed by atoms with van der Waals surface area (Å²) in [6.45, 7) is 0. The Kier molecular flexibility index (Phi) is 17.1. The van der Waals surface area contributed by atoms with Crippen LogP contribution in [0.3, 0.4) is 0 Å². The first-order valence-electron chi connectivity index (χ1n) is 12.5. The van der Waals surface area contributed by atoms with E-state index in [0.717, 1.165) is 6.42 Å². The Morgan fingerprint density at radius 2 is 0.778 bits per heavy atom. The molecule has 0 saturated heterocycles. The molecular weight excluding hydrogens is 332 g/mol. The lowest BCUT2D eigenvalue weighted by Gasteiger charge is -2.16. The average molecular weight is 381 g/mol. The molecule has 0 atom stereocenters. The van der Waals surface area contributed by atoms with Crippen molar-refractivity contribution in [2.24, 2.45) is 5.92 Å². The number of aliphatic carboxylic acids is 1. The van der Waals surface area contributed by atoms with E-state index in [-0.39, 0.29) is 0 Å². The van der Waals surface area contributed by atoms with Crippen LogP contribution in [-0.4, -0.2) is 11.1 Å². The Hall–Kier alpha value is -0.530. The van der Waals surface area contributed by atoms with Crippen molar-refractivity contribution in [1.82, 2.24) is 0 Å². The number of hydrogen-bond acceptors (Lipinski definition) is 1. The summed E-state index contributed by atoms with van der Waals surface area (Å²) in [6.07, 6.45) is 30.5. The van der Waals surface area contributed by atoms with E-state index >= 15 is 0 Å². The average Bonchev–Trinajstić information content (AvgIpc) is 2.65. The predicted molar refractivity (Wildman–Crippen MR) is 117 cm³/mol. The van der Waals surface area contributed by atoms with E-state index in [4.69, 9.17) is 5.11 Å². The minimum Gasteiger partial charge on any atom is -0.481 e. The molecule has 1 rings (SSSR count). The van der Waals surface area contributed by atoms with Gasteiger partial charge in [-0.05, 0) is 12.3 Å². The molecule has 0 aliphatic heterocycles. The summed E-state index contributed by atoms with van der Waals surface area (Å²) in [5, 5.41) is 9.01. The van der Waals surface area contributed by atoms with Crippen molar-refractivity contribution >= 4 is 5.97 Å². The molecule has 0 aromatic rings. The summed E-state index contributed by atoms with van der Waals surface area (Å²) in [7, 11) is 0. The van der Waals surface area contributed by atoms with Gasteiger partial charge < -0.3 is 5.11 Å². The quantitative estimate of drug-likeness (QED) is 0.531. The van der Waals surface area contributed by atoms with E-state index in [1.165, 1.54) is 135 Å².